The molecule has 2 aromatic heterocycles. The Morgan fingerprint density at radius 3 is 2.56 bits per heavy atom. The Morgan fingerprint density at radius 1 is 1.09 bits per heavy atom. The first-order chi connectivity index (χ1) is 16.3. The van der Waals surface area contributed by atoms with Crippen molar-refractivity contribution in [3.63, 3.8) is 0 Å². The number of sulfonamides is 1. The molecule has 1 N–H and O–H groups in total. The van der Waals surface area contributed by atoms with Gasteiger partial charge in [0.1, 0.15) is 4.88 Å². The Balaban J connectivity index is 1.32. The highest BCUT2D eigenvalue weighted by Crippen LogP contribution is 2.37. The Bertz CT molecular complexity index is 1480. The second-order valence-electron chi connectivity index (χ2n) is 7.42. The number of thiophene rings is 1. The van der Waals surface area contributed by atoms with E-state index in [2.05, 4.69) is 10.3 Å². The van der Waals surface area contributed by atoms with E-state index in [0.717, 1.165) is 15.6 Å². The summed E-state index contributed by atoms with van der Waals surface area (Å²) in [6.45, 7) is 1.47. The summed E-state index contributed by atoms with van der Waals surface area (Å²) in [5, 5.41) is 6.73. The number of hydrogen-bond acceptors (Lipinski definition) is 7. The first kappa shape index (κ1) is 23.7. The highest BCUT2D eigenvalue weighted by molar-refractivity contribution is 7.89. The predicted molar refractivity (Wildman–Crippen MR) is 137 cm³/mol. The number of ether oxygens (including phenoxy) is 1. The molecule has 0 unspecified atom stereocenters. The van der Waals surface area contributed by atoms with Crippen LogP contribution in [0.4, 0.5) is 5.13 Å². The fourth-order valence-electron chi connectivity index (χ4n) is 3.54. The molecular formula is C22H17Cl2N3O4S3. The lowest BCUT2D eigenvalue weighted by atomic mass is 10.2. The normalized spacial score (nSPS) is 15.0. The number of rotatable bonds is 5. The van der Waals surface area contributed by atoms with Gasteiger partial charge in [-0.05, 0) is 24.3 Å². The van der Waals surface area contributed by atoms with Crippen molar-refractivity contribution in [2.45, 2.75) is 4.90 Å². The van der Waals surface area contributed by atoms with Gasteiger partial charge in [0.15, 0.2) is 5.13 Å². The average molecular weight is 555 g/mol. The minimum Gasteiger partial charge on any atom is -0.379 e. The summed E-state index contributed by atoms with van der Waals surface area (Å²) >= 11 is 15.0. The van der Waals surface area contributed by atoms with Crippen molar-refractivity contribution < 1.29 is 17.9 Å². The van der Waals surface area contributed by atoms with E-state index in [0.29, 0.717) is 52.1 Å². The van der Waals surface area contributed by atoms with Crippen molar-refractivity contribution >= 4 is 77.0 Å². The lowest BCUT2D eigenvalue weighted by molar-refractivity contribution is 0.0730. The largest absolute Gasteiger partial charge is 0.379 e. The molecule has 1 fully saturated rings. The van der Waals surface area contributed by atoms with Crippen molar-refractivity contribution in [1.82, 2.24) is 9.29 Å². The summed E-state index contributed by atoms with van der Waals surface area (Å²) < 4.78 is 33.1. The molecule has 5 rings (SSSR count). The lowest BCUT2D eigenvalue weighted by Gasteiger charge is -2.26. The van der Waals surface area contributed by atoms with Crippen molar-refractivity contribution in [3.05, 3.63) is 62.8 Å². The maximum Gasteiger partial charge on any atom is 0.269 e. The van der Waals surface area contributed by atoms with Gasteiger partial charge in [-0.25, -0.2) is 13.4 Å². The number of amides is 1. The number of thiazole rings is 1. The van der Waals surface area contributed by atoms with Gasteiger partial charge in [-0.1, -0.05) is 41.4 Å². The average Bonchev–Trinajstić information content (AvgIpc) is 3.44. The zero-order valence-electron chi connectivity index (χ0n) is 17.5. The van der Waals surface area contributed by atoms with Crippen LogP contribution in [0.25, 0.3) is 21.3 Å². The standard InChI is InChI=1S/C22H17Cl2N3O4S3/c23-14-3-6-16-18(11-14)33-20(19(16)24)21(28)26-22-25-17(12-32-22)13-1-4-15(5-2-13)34(29,30)27-7-9-31-10-8-27/h1-6,11-12H,7-10H2,(H,25,26,28). The second kappa shape index (κ2) is 9.54. The van der Waals surface area contributed by atoms with E-state index in [1.807, 2.05) is 0 Å². The summed E-state index contributed by atoms with van der Waals surface area (Å²) in [7, 11) is -3.56. The zero-order valence-corrected chi connectivity index (χ0v) is 21.4. The Kier molecular flexibility index (Phi) is 6.64. The number of carbonyl (C=O) groups is 1. The van der Waals surface area contributed by atoms with Crippen molar-refractivity contribution in [3.8, 4) is 11.3 Å². The van der Waals surface area contributed by atoms with Gasteiger partial charge in [-0.15, -0.1) is 22.7 Å². The first-order valence-corrected chi connectivity index (χ1v) is 14.0. The molecule has 12 heteroatoms. The third-order valence-corrected chi connectivity index (χ3v) is 9.84. The van der Waals surface area contributed by atoms with E-state index in [-0.39, 0.29) is 10.8 Å². The monoisotopic (exact) mass is 553 g/mol. The number of morpholine rings is 1. The zero-order chi connectivity index (χ0) is 23.9. The van der Waals surface area contributed by atoms with E-state index < -0.39 is 10.0 Å². The topological polar surface area (TPSA) is 88.6 Å². The van der Waals surface area contributed by atoms with Gasteiger partial charge in [-0.3, -0.25) is 10.1 Å². The highest BCUT2D eigenvalue weighted by Gasteiger charge is 2.26. The summed E-state index contributed by atoms with van der Waals surface area (Å²) in [6.07, 6.45) is 0. The highest BCUT2D eigenvalue weighted by atomic mass is 35.5. The van der Waals surface area contributed by atoms with Crippen LogP contribution < -0.4 is 5.32 Å². The third-order valence-electron chi connectivity index (χ3n) is 5.28. The molecule has 4 aromatic rings. The first-order valence-electron chi connectivity index (χ1n) is 10.2. The minimum atomic E-state index is -3.56. The summed E-state index contributed by atoms with van der Waals surface area (Å²) in [5.74, 6) is -0.352. The maximum absolute atomic E-state index is 12.8. The Labute approximate surface area is 213 Å². The molecule has 1 aliphatic heterocycles. The van der Waals surface area contributed by atoms with Crippen LogP contribution in [0.15, 0.2) is 52.7 Å². The van der Waals surface area contributed by atoms with Gasteiger partial charge in [0, 0.05) is 39.1 Å². The Hall–Kier alpha value is -2.05. The number of halogens is 2. The van der Waals surface area contributed by atoms with Gasteiger partial charge in [0.2, 0.25) is 10.0 Å². The van der Waals surface area contributed by atoms with E-state index in [1.165, 1.54) is 27.0 Å². The number of fused-ring (bicyclic) bond motifs is 1. The van der Waals surface area contributed by atoms with Crippen LogP contribution in [0.2, 0.25) is 10.0 Å². The minimum absolute atomic E-state index is 0.224. The number of hydrogen-bond donors (Lipinski definition) is 1. The van der Waals surface area contributed by atoms with Crippen LogP contribution in [0.3, 0.4) is 0 Å². The van der Waals surface area contributed by atoms with Crippen LogP contribution in [0.1, 0.15) is 9.67 Å². The number of carbonyl (C=O) groups excluding carboxylic acids is 1. The fourth-order valence-corrected chi connectivity index (χ4v) is 7.35. The summed E-state index contributed by atoms with van der Waals surface area (Å²) in [6, 6.07) is 11.8. The number of nitrogens with zero attached hydrogens (tertiary/aromatic N) is 2. The van der Waals surface area contributed by atoms with Crippen LogP contribution in [-0.4, -0.2) is 49.9 Å². The number of aromatic nitrogens is 1. The van der Waals surface area contributed by atoms with Crippen LogP contribution in [-0.2, 0) is 14.8 Å². The van der Waals surface area contributed by atoms with Gasteiger partial charge in [0.25, 0.3) is 5.91 Å². The molecule has 2 aromatic carbocycles. The molecule has 7 nitrogen and oxygen atoms in total. The molecular weight excluding hydrogens is 537 g/mol. The fraction of sp³-hybridized carbons (Fsp3) is 0.182. The lowest BCUT2D eigenvalue weighted by Crippen LogP contribution is -2.40. The summed E-state index contributed by atoms with van der Waals surface area (Å²) in [4.78, 5) is 17.9. The Morgan fingerprint density at radius 2 is 1.82 bits per heavy atom. The molecule has 176 valence electrons. The molecule has 0 bridgehead atoms. The van der Waals surface area contributed by atoms with E-state index >= 15 is 0 Å². The molecule has 34 heavy (non-hydrogen) atoms. The molecule has 0 radical (unpaired) electrons. The van der Waals surface area contributed by atoms with Crippen LogP contribution in [0.5, 0.6) is 0 Å². The quantitative estimate of drug-likeness (QED) is 0.347. The smallest absolute Gasteiger partial charge is 0.269 e. The van der Waals surface area contributed by atoms with Crippen molar-refractivity contribution in [1.29, 1.82) is 0 Å². The number of anilines is 1. The van der Waals surface area contributed by atoms with E-state index in [4.69, 9.17) is 27.9 Å². The summed E-state index contributed by atoms with van der Waals surface area (Å²) in [5.41, 5.74) is 1.37. The van der Waals surface area contributed by atoms with Crippen molar-refractivity contribution in [2.75, 3.05) is 31.6 Å². The molecule has 0 aliphatic carbocycles. The van der Waals surface area contributed by atoms with Gasteiger partial charge in [-0.2, -0.15) is 4.31 Å². The number of nitrogens with one attached hydrogen (secondary N) is 1. The molecule has 1 amide bonds. The van der Waals surface area contributed by atoms with E-state index in [9.17, 15) is 13.2 Å². The SMILES string of the molecule is O=C(Nc1nc(-c2ccc(S(=O)(=O)N3CCOCC3)cc2)cs1)c1sc2cc(Cl)ccc2c1Cl. The third kappa shape index (κ3) is 4.59. The molecule has 0 spiro atoms. The van der Waals surface area contributed by atoms with Gasteiger partial charge >= 0.3 is 0 Å². The molecule has 1 aliphatic rings. The molecule has 1 saturated heterocycles. The number of benzene rings is 2. The second-order valence-corrected chi connectivity index (χ2v) is 12.1. The van der Waals surface area contributed by atoms with Crippen LogP contribution >= 0.6 is 45.9 Å². The molecule has 0 saturated carbocycles. The molecule has 0 atom stereocenters. The van der Waals surface area contributed by atoms with E-state index in [1.54, 1.807) is 47.8 Å². The molecule has 3 heterocycles. The van der Waals surface area contributed by atoms with Crippen molar-refractivity contribution in [2.24, 2.45) is 0 Å². The van der Waals surface area contributed by atoms with Gasteiger partial charge in [0.05, 0.1) is 28.8 Å². The predicted octanol–water partition coefficient (Wildman–Crippen LogP) is 5.60. The van der Waals surface area contributed by atoms with Crippen LogP contribution in [0, 0.1) is 0 Å². The van der Waals surface area contributed by atoms with Gasteiger partial charge < -0.3 is 4.74 Å². The maximum atomic E-state index is 12.8.